The summed E-state index contributed by atoms with van der Waals surface area (Å²) in [4.78, 5) is 7.09. The van der Waals surface area contributed by atoms with Gasteiger partial charge < -0.3 is 34.1 Å². The first-order chi connectivity index (χ1) is 23.3. The number of nitriles is 2. The highest BCUT2D eigenvalue weighted by Crippen LogP contribution is 2.47. The van der Waals surface area contributed by atoms with Crippen LogP contribution < -0.4 is 19.1 Å². The molecule has 48 heavy (non-hydrogen) atoms. The molecule has 0 bridgehead atoms. The van der Waals surface area contributed by atoms with E-state index in [1.807, 2.05) is 83.8 Å². The van der Waals surface area contributed by atoms with Gasteiger partial charge in [0.05, 0.1) is 29.5 Å². The summed E-state index contributed by atoms with van der Waals surface area (Å²) in [5.41, 5.74) is 2.14. The number of rotatable bonds is 12. The van der Waals surface area contributed by atoms with E-state index in [2.05, 4.69) is 4.85 Å². The van der Waals surface area contributed by atoms with Gasteiger partial charge in [0.25, 0.3) is 0 Å². The van der Waals surface area contributed by atoms with Crippen LogP contribution in [0, 0.1) is 29.2 Å². The Kier molecular flexibility index (Phi) is 10.8. The second-order valence-corrected chi connectivity index (χ2v) is 12.3. The minimum atomic E-state index is -0.936. The van der Waals surface area contributed by atoms with Gasteiger partial charge >= 0.3 is 0 Å². The fraction of sp³-hybridized carbons (Fsp3) is 0.270. The van der Waals surface area contributed by atoms with Crippen LogP contribution in [0.2, 0.25) is 0 Å². The summed E-state index contributed by atoms with van der Waals surface area (Å²) < 4.78 is 24.3. The van der Waals surface area contributed by atoms with Crippen LogP contribution in [0.4, 0.5) is 5.69 Å². The van der Waals surface area contributed by atoms with E-state index < -0.39 is 5.60 Å². The Labute approximate surface area is 283 Å². The molecule has 0 amide bonds. The molecule has 1 aromatic heterocycles. The molecule has 0 unspecified atom stereocenters. The molecule has 244 valence electrons. The molecule has 0 atom stereocenters. The lowest BCUT2D eigenvalue weighted by molar-refractivity contribution is 0.0954. The maximum absolute atomic E-state index is 9.58. The van der Waals surface area contributed by atoms with Crippen molar-refractivity contribution in [3.63, 3.8) is 0 Å². The van der Waals surface area contributed by atoms with Crippen molar-refractivity contribution < 1.29 is 29.2 Å². The highest BCUT2D eigenvalue weighted by Gasteiger charge is 2.39. The third kappa shape index (κ3) is 7.38. The van der Waals surface area contributed by atoms with E-state index >= 15 is 0 Å². The number of thiophene rings is 1. The van der Waals surface area contributed by atoms with Crippen LogP contribution in [-0.2, 0) is 11.3 Å². The molecule has 2 N–H and O–H groups in total. The Hall–Kier alpha value is -5.51. The lowest BCUT2D eigenvalue weighted by atomic mass is 9.97. The molecular weight excluding hydrogens is 628 g/mol. The smallest absolute Gasteiger partial charge is 0.237 e. The van der Waals surface area contributed by atoms with Gasteiger partial charge in [-0.15, -0.1) is 11.3 Å². The number of anilines is 1. The largest absolute Gasteiger partial charge is 0.493 e. The van der Waals surface area contributed by atoms with Gasteiger partial charge in [-0.25, -0.2) is 4.85 Å². The molecule has 0 saturated heterocycles. The second-order valence-electron chi connectivity index (χ2n) is 11.2. The third-order valence-electron chi connectivity index (χ3n) is 7.64. The van der Waals surface area contributed by atoms with E-state index in [9.17, 15) is 20.7 Å². The molecule has 0 fully saturated rings. The number of aliphatic hydroxyl groups excluding tert-OH is 2. The van der Waals surface area contributed by atoms with Gasteiger partial charge in [0.15, 0.2) is 22.8 Å². The average Bonchev–Trinajstić information content (AvgIpc) is 3.58. The summed E-state index contributed by atoms with van der Waals surface area (Å²) in [6.45, 7) is 13.1. The molecule has 3 aromatic rings. The summed E-state index contributed by atoms with van der Waals surface area (Å²) in [5, 5.41) is 37.9. The zero-order chi connectivity index (χ0) is 34.1. The van der Waals surface area contributed by atoms with E-state index in [1.54, 1.807) is 19.9 Å². The number of hydrogen-bond donors (Lipinski definition) is 2. The SMILES string of the molecule is [C-]#[N+]C1=C(/C=C/c2sc(/C=C/c3ccc(N(CCO)CCO)cc3OCc3ccccc3)c3c2OCCO3)C(C)(C)OC1=C(C#N)C#N. The predicted molar refractivity (Wildman–Crippen MR) is 184 cm³/mol. The number of ether oxygens (including phenoxy) is 4. The van der Waals surface area contributed by atoms with Crippen LogP contribution in [0.15, 0.2) is 77.2 Å². The maximum atomic E-state index is 9.58. The van der Waals surface area contributed by atoms with Crippen LogP contribution >= 0.6 is 11.3 Å². The minimum absolute atomic E-state index is 0.0109. The summed E-state index contributed by atoms with van der Waals surface area (Å²) in [6.07, 6.45) is 7.49. The molecule has 2 aliphatic heterocycles. The van der Waals surface area contributed by atoms with E-state index in [4.69, 9.17) is 25.5 Å². The predicted octanol–water partition coefficient (Wildman–Crippen LogP) is 6.36. The van der Waals surface area contributed by atoms with Crippen molar-refractivity contribution in [3.8, 4) is 29.4 Å². The molecule has 2 aromatic carbocycles. The van der Waals surface area contributed by atoms with Crippen molar-refractivity contribution in [2.45, 2.75) is 26.1 Å². The Morgan fingerprint density at radius 1 is 0.979 bits per heavy atom. The summed E-state index contributed by atoms with van der Waals surface area (Å²) in [6, 6.07) is 19.3. The zero-order valence-corrected chi connectivity index (χ0v) is 27.4. The van der Waals surface area contributed by atoms with E-state index in [1.165, 1.54) is 11.3 Å². The molecule has 0 aliphatic carbocycles. The second kappa shape index (κ2) is 15.4. The lowest BCUT2D eigenvalue weighted by Gasteiger charge is -2.24. The summed E-state index contributed by atoms with van der Waals surface area (Å²) in [5.74, 6) is 1.83. The van der Waals surface area contributed by atoms with Crippen LogP contribution in [0.5, 0.6) is 17.2 Å². The van der Waals surface area contributed by atoms with Crippen molar-refractivity contribution in [2.24, 2.45) is 0 Å². The van der Waals surface area contributed by atoms with Gasteiger partial charge in [-0.3, -0.25) is 0 Å². The highest BCUT2D eigenvalue weighted by atomic mass is 32.1. The van der Waals surface area contributed by atoms with Crippen molar-refractivity contribution in [1.29, 1.82) is 10.5 Å². The Morgan fingerprint density at radius 2 is 1.62 bits per heavy atom. The monoisotopic (exact) mass is 662 g/mol. The number of fused-ring (bicyclic) bond motifs is 1. The van der Waals surface area contributed by atoms with Gasteiger partial charge in [0.2, 0.25) is 5.70 Å². The number of allylic oxidation sites excluding steroid dienone is 1. The van der Waals surface area contributed by atoms with Crippen LogP contribution in [-0.4, -0.2) is 55.3 Å². The number of nitrogens with zero attached hydrogens (tertiary/aromatic N) is 4. The zero-order valence-electron chi connectivity index (χ0n) is 26.6. The maximum Gasteiger partial charge on any atom is 0.237 e. The van der Waals surface area contributed by atoms with Gasteiger partial charge in [0.1, 0.15) is 43.3 Å². The molecule has 5 rings (SSSR count). The Bertz CT molecular complexity index is 1880. The lowest BCUT2D eigenvalue weighted by Crippen LogP contribution is -2.29. The van der Waals surface area contributed by atoms with Crippen molar-refractivity contribution in [1.82, 2.24) is 0 Å². The third-order valence-corrected chi connectivity index (χ3v) is 8.73. The van der Waals surface area contributed by atoms with Crippen molar-refractivity contribution >= 4 is 35.3 Å². The summed E-state index contributed by atoms with van der Waals surface area (Å²) >= 11 is 1.45. The van der Waals surface area contributed by atoms with Crippen molar-refractivity contribution in [3.05, 3.63) is 110 Å². The molecular formula is C37H34N4O6S. The molecule has 2 aliphatic rings. The molecule has 0 saturated carbocycles. The van der Waals surface area contributed by atoms with Crippen LogP contribution in [0.25, 0.3) is 23.1 Å². The van der Waals surface area contributed by atoms with Gasteiger partial charge in [0, 0.05) is 36.0 Å². The topological polar surface area (TPSA) is 133 Å². The van der Waals surface area contributed by atoms with Gasteiger partial charge in [-0.1, -0.05) is 36.4 Å². The van der Waals surface area contributed by atoms with E-state index in [0.29, 0.717) is 55.7 Å². The molecule has 10 nitrogen and oxygen atoms in total. The molecule has 3 heterocycles. The Morgan fingerprint density at radius 3 is 2.23 bits per heavy atom. The molecule has 0 radical (unpaired) electrons. The van der Waals surface area contributed by atoms with E-state index in [0.717, 1.165) is 26.6 Å². The first kappa shape index (κ1) is 33.8. The fourth-order valence-corrected chi connectivity index (χ4v) is 6.32. The normalized spacial score (nSPS) is 14.8. The number of aliphatic hydroxyl groups is 2. The number of hydrogen-bond acceptors (Lipinski definition) is 10. The molecule has 0 spiro atoms. The average molecular weight is 663 g/mol. The van der Waals surface area contributed by atoms with Gasteiger partial charge in [-0.2, -0.15) is 10.5 Å². The molecule has 11 heteroatoms. The fourth-order valence-electron chi connectivity index (χ4n) is 5.32. The first-order valence-electron chi connectivity index (χ1n) is 15.3. The quantitative estimate of drug-likeness (QED) is 0.168. The van der Waals surface area contributed by atoms with Gasteiger partial charge in [-0.05, 0) is 49.8 Å². The van der Waals surface area contributed by atoms with Crippen LogP contribution in [0.1, 0.15) is 34.7 Å². The van der Waals surface area contributed by atoms with Crippen molar-refractivity contribution in [2.75, 3.05) is 44.4 Å². The summed E-state index contributed by atoms with van der Waals surface area (Å²) in [7, 11) is 0. The minimum Gasteiger partial charge on any atom is -0.493 e. The van der Waals surface area contributed by atoms with Crippen LogP contribution in [0.3, 0.4) is 0 Å². The standard InChI is InChI=1S/C37H34N4O6S/c1-37(2)29(33(40-3)34(47-37)27(22-38)23-39)12-14-32-36-35(44-19-20-45-36)31(48-32)13-10-26-9-11-28(41(15-17-42)16-18-43)21-30(26)46-24-25-7-5-4-6-8-25/h4-14,21,42-43H,15-20,24H2,1-2H3/b13-10+,14-12+. The first-order valence-corrected chi connectivity index (χ1v) is 16.1. The van der Waals surface area contributed by atoms with E-state index in [-0.39, 0.29) is 30.2 Å². The Balaban J connectivity index is 1.50. The highest BCUT2D eigenvalue weighted by molar-refractivity contribution is 7.14. The number of benzene rings is 2.